The number of hydrogen-bond donors (Lipinski definition) is 0. The fraction of sp³-hybridized carbons (Fsp3) is 0.312. The minimum absolute atomic E-state index is 0.0103. The van der Waals surface area contributed by atoms with Crippen molar-refractivity contribution in [1.29, 1.82) is 0 Å². The molecule has 0 N–H and O–H groups in total. The van der Waals surface area contributed by atoms with Gasteiger partial charge >= 0.3 is 0 Å². The fourth-order valence-electron chi connectivity index (χ4n) is 2.60. The van der Waals surface area contributed by atoms with E-state index < -0.39 is 0 Å². The highest BCUT2D eigenvalue weighted by atomic mass is 35.5. The second kappa shape index (κ2) is 6.50. The molecule has 2 heterocycles. The maximum Gasteiger partial charge on any atom is 0.237 e. The van der Waals surface area contributed by atoms with Crippen LogP contribution < -0.4 is 0 Å². The summed E-state index contributed by atoms with van der Waals surface area (Å²) in [7, 11) is 1.74. The van der Waals surface area contributed by atoms with Crippen LogP contribution in [0.25, 0.3) is 17.0 Å². The number of aromatic nitrogens is 3. The molecule has 0 saturated heterocycles. The Morgan fingerprint density at radius 2 is 2.26 bits per heavy atom. The third-order valence-electron chi connectivity index (χ3n) is 3.86. The quantitative estimate of drug-likeness (QED) is 0.810. The summed E-state index contributed by atoms with van der Waals surface area (Å²) in [4.78, 5) is 17.3. The Bertz CT molecular complexity index is 771. The smallest absolute Gasteiger partial charge is 0.237 e. The number of halogens is 2. The number of benzene rings is 1. The second-order valence-electron chi connectivity index (χ2n) is 5.39. The van der Waals surface area contributed by atoms with E-state index in [1.807, 2.05) is 12.1 Å². The zero-order valence-corrected chi connectivity index (χ0v) is 13.4. The summed E-state index contributed by atoms with van der Waals surface area (Å²) >= 11 is 5.56. The zero-order valence-electron chi connectivity index (χ0n) is 12.7. The van der Waals surface area contributed by atoms with Crippen molar-refractivity contribution in [3.63, 3.8) is 0 Å². The number of alkyl halides is 1. The fourth-order valence-corrected chi connectivity index (χ4v) is 2.77. The predicted octanol–water partition coefficient (Wildman–Crippen LogP) is 2.48. The highest BCUT2D eigenvalue weighted by Gasteiger charge is 2.18. The molecule has 120 valence electrons. The molecule has 1 aliphatic heterocycles. The molecule has 7 heteroatoms. The van der Waals surface area contributed by atoms with E-state index in [1.54, 1.807) is 18.0 Å². The van der Waals surface area contributed by atoms with Gasteiger partial charge in [0.25, 0.3) is 0 Å². The Kier molecular flexibility index (Phi) is 4.43. The molecule has 1 amide bonds. The van der Waals surface area contributed by atoms with Crippen LogP contribution >= 0.6 is 11.6 Å². The first-order valence-electron chi connectivity index (χ1n) is 7.27. The van der Waals surface area contributed by atoms with E-state index in [1.165, 1.54) is 17.1 Å². The van der Waals surface area contributed by atoms with E-state index in [0.717, 1.165) is 11.1 Å². The molecule has 0 saturated carbocycles. The lowest BCUT2D eigenvalue weighted by Gasteiger charge is -2.26. The Morgan fingerprint density at radius 3 is 2.83 bits per heavy atom. The number of nitrogens with zero attached hydrogens (tertiary/aromatic N) is 4. The minimum atomic E-state index is -0.353. The predicted molar refractivity (Wildman–Crippen MR) is 86.3 cm³/mol. The van der Waals surface area contributed by atoms with Gasteiger partial charge in [0.1, 0.15) is 18.0 Å². The molecule has 0 atom stereocenters. The standard InChI is InChI=1S/C16H16ClFN4O/c1-21-10-19-16(20-21)13-3-2-12(8-14(13)18)11-4-6-22(7-5-11)15(23)9-17/h2-4,8,10H,5-7,9H2,1H3. The Hall–Kier alpha value is -2.21. The summed E-state index contributed by atoms with van der Waals surface area (Å²) in [5, 5.41) is 4.12. The van der Waals surface area contributed by atoms with Crippen molar-refractivity contribution in [2.45, 2.75) is 6.42 Å². The average Bonchev–Trinajstić information content (AvgIpc) is 3.00. The van der Waals surface area contributed by atoms with E-state index in [0.29, 0.717) is 30.9 Å². The van der Waals surface area contributed by atoms with E-state index in [2.05, 4.69) is 10.1 Å². The van der Waals surface area contributed by atoms with Crippen LogP contribution in [0.3, 0.4) is 0 Å². The van der Waals surface area contributed by atoms with Crippen molar-refractivity contribution < 1.29 is 9.18 Å². The number of rotatable bonds is 3. The van der Waals surface area contributed by atoms with Crippen molar-refractivity contribution in [3.05, 3.63) is 42.0 Å². The first-order valence-corrected chi connectivity index (χ1v) is 7.80. The lowest BCUT2D eigenvalue weighted by Crippen LogP contribution is -2.35. The topological polar surface area (TPSA) is 51.0 Å². The van der Waals surface area contributed by atoms with Gasteiger partial charge in [0, 0.05) is 20.1 Å². The summed E-state index contributed by atoms with van der Waals surface area (Å²) in [5.74, 6) is -0.0736. The van der Waals surface area contributed by atoms with Gasteiger partial charge in [0.15, 0.2) is 5.82 Å². The largest absolute Gasteiger partial charge is 0.338 e. The Labute approximate surface area is 138 Å². The van der Waals surface area contributed by atoms with Crippen molar-refractivity contribution in [1.82, 2.24) is 19.7 Å². The SMILES string of the molecule is Cn1cnc(-c2ccc(C3=CCN(C(=O)CCl)CC3)cc2F)n1. The van der Waals surface area contributed by atoms with Gasteiger partial charge in [-0.2, -0.15) is 5.10 Å². The lowest BCUT2D eigenvalue weighted by atomic mass is 9.98. The van der Waals surface area contributed by atoms with Gasteiger partial charge in [-0.25, -0.2) is 9.37 Å². The molecular weight excluding hydrogens is 319 g/mol. The van der Waals surface area contributed by atoms with Crippen LogP contribution in [-0.4, -0.2) is 44.5 Å². The molecule has 0 bridgehead atoms. The molecule has 0 spiro atoms. The summed E-state index contributed by atoms with van der Waals surface area (Å²) in [6.45, 7) is 1.11. The van der Waals surface area contributed by atoms with Gasteiger partial charge in [-0.1, -0.05) is 12.1 Å². The molecule has 3 rings (SSSR count). The Balaban J connectivity index is 1.81. The molecule has 1 aliphatic rings. The molecule has 0 fully saturated rings. The molecule has 23 heavy (non-hydrogen) atoms. The van der Waals surface area contributed by atoms with Gasteiger partial charge in [0.05, 0.1) is 5.56 Å². The van der Waals surface area contributed by atoms with Crippen molar-refractivity contribution in [3.8, 4) is 11.4 Å². The van der Waals surface area contributed by atoms with Crippen LogP contribution in [0.15, 0.2) is 30.6 Å². The van der Waals surface area contributed by atoms with Crippen molar-refractivity contribution >= 4 is 23.1 Å². The second-order valence-corrected chi connectivity index (χ2v) is 5.66. The molecule has 2 aromatic rings. The normalized spacial score (nSPS) is 14.7. The first-order chi connectivity index (χ1) is 11.1. The van der Waals surface area contributed by atoms with Crippen molar-refractivity contribution in [2.75, 3.05) is 19.0 Å². The van der Waals surface area contributed by atoms with E-state index in [9.17, 15) is 9.18 Å². The highest BCUT2D eigenvalue weighted by molar-refractivity contribution is 6.27. The van der Waals surface area contributed by atoms with E-state index in [-0.39, 0.29) is 17.6 Å². The van der Waals surface area contributed by atoms with E-state index >= 15 is 0 Å². The van der Waals surface area contributed by atoms with Gasteiger partial charge in [0.2, 0.25) is 5.91 Å². The molecule has 0 aliphatic carbocycles. The van der Waals surface area contributed by atoms with Crippen LogP contribution in [-0.2, 0) is 11.8 Å². The van der Waals surface area contributed by atoms with Gasteiger partial charge < -0.3 is 4.90 Å². The van der Waals surface area contributed by atoms with Crippen LogP contribution in [0.1, 0.15) is 12.0 Å². The number of carbonyl (C=O) groups excluding carboxylic acids is 1. The van der Waals surface area contributed by atoms with Gasteiger partial charge in [-0.3, -0.25) is 9.48 Å². The zero-order chi connectivity index (χ0) is 16.4. The average molecular weight is 335 g/mol. The third-order valence-corrected chi connectivity index (χ3v) is 4.09. The summed E-state index contributed by atoms with van der Waals surface area (Å²) < 4.78 is 15.9. The summed E-state index contributed by atoms with van der Waals surface area (Å²) in [6, 6.07) is 5.05. The van der Waals surface area contributed by atoms with Gasteiger partial charge in [-0.15, -0.1) is 11.6 Å². The minimum Gasteiger partial charge on any atom is -0.338 e. The maximum absolute atomic E-state index is 14.4. The van der Waals surface area contributed by atoms with Crippen LogP contribution in [0.5, 0.6) is 0 Å². The summed E-state index contributed by atoms with van der Waals surface area (Å²) in [5.41, 5.74) is 2.23. The molecule has 0 unspecified atom stereocenters. The number of aryl methyl sites for hydroxylation is 1. The molecule has 5 nitrogen and oxygen atoms in total. The van der Waals surface area contributed by atoms with Gasteiger partial charge in [-0.05, 0) is 29.7 Å². The first kappa shape index (κ1) is 15.7. The lowest BCUT2D eigenvalue weighted by molar-refractivity contribution is -0.128. The molecule has 1 aromatic heterocycles. The highest BCUT2D eigenvalue weighted by Crippen LogP contribution is 2.27. The maximum atomic E-state index is 14.4. The van der Waals surface area contributed by atoms with E-state index in [4.69, 9.17) is 11.6 Å². The number of hydrogen-bond acceptors (Lipinski definition) is 3. The van der Waals surface area contributed by atoms with Crippen molar-refractivity contribution in [2.24, 2.45) is 7.05 Å². The monoisotopic (exact) mass is 334 g/mol. The molecule has 0 radical (unpaired) electrons. The third kappa shape index (κ3) is 3.27. The Morgan fingerprint density at radius 1 is 1.43 bits per heavy atom. The number of carbonyl (C=O) groups is 1. The number of amides is 1. The van der Waals surface area contributed by atoms with Crippen LogP contribution in [0.4, 0.5) is 4.39 Å². The molecular formula is C16H16ClFN4O. The van der Waals surface area contributed by atoms with Crippen LogP contribution in [0.2, 0.25) is 0 Å². The molecule has 1 aromatic carbocycles. The van der Waals surface area contributed by atoms with Crippen LogP contribution in [0, 0.1) is 5.82 Å². The summed E-state index contributed by atoms with van der Waals surface area (Å²) in [6.07, 6.45) is 4.17.